The Balaban J connectivity index is 1.68. The number of carbonyl (C=O) groups excluding carboxylic acids is 2. The summed E-state index contributed by atoms with van der Waals surface area (Å²) in [4.78, 5) is 26.6. The Morgan fingerprint density at radius 2 is 1.90 bits per heavy atom. The van der Waals surface area contributed by atoms with Crippen molar-refractivity contribution in [1.82, 2.24) is 4.90 Å². The highest BCUT2D eigenvalue weighted by atomic mass is 127. The van der Waals surface area contributed by atoms with Crippen LogP contribution >= 0.6 is 56.9 Å². The van der Waals surface area contributed by atoms with Crippen molar-refractivity contribution < 1.29 is 19.1 Å². The van der Waals surface area contributed by atoms with Gasteiger partial charge in [0.05, 0.1) is 18.6 Å². The molecular weight excluding hydrogens is 628 g/mol. The first-order valence-electron chi connectivity index (χ1n) is 8.89. The second kappa shape index (κ2) is 10.5. The monoisotopic (exact) mass is 645 g/mol. The van der Waals surface area contributed by atoms with E-state index in [-0.39, 0.29) is 30.9 Å². The standard InChI is InChI=1S/C22H17I2NO4S/c1-3-8-29-20-17(23)11-15(12-18(20)24)13-19-21(26)25(22(27)30-19)7-9-28-16-6-4-5-14(2)10-16/h1,4-6,10-13H,7-9H2,2H3/b19-13-. The summed E-state index contributed by atoms with van der Waals surface area (Å²) in [5, 5.41) is -0.294. The molecule has 0 saturated carbocycles. The summed E-state index contributed by atoms with van der Waals surface area (Å²) in [6.45, 7) is 2.61. The molecule has 2 aromatic rings. The number of amides is 2. The molecule has 0 N–H and O–H groups in total. The summed E-state index contributed by atoms with van der Waals surface area (Å²) in [6, 6.07) is 11.4. The third-order valence-electron chi connectivity index (χ3n) is 4.06. The molecular formula is C22H17I2NO4S. The lowest BCUT2D eigenvalue weighted by Crippen LogP contribution is -2.32. The average Bonchev–Trinajstić information content (AvgIpc) is 2.95. The summed E-state index contributed by atoms with van der Waals surface area (Å²) in [6.07, 6.45) is 6.98. The van der Waals surface area contributed by atoms with Gasteiger partial charge in [0.2, 0.25) is 0 Å². The van der Waals surface area contributed by atoms with Crippen molar-refractivity contribution in [1.29, 1.82) is 0 Å². The minimum atomic E-state index is -0.310. The highest BCUT2D eigenvalue weighted by Gasteiger charge is 2.34. The summed E-state index contributed by atoms with van der Waals surface area (Å²) < 4.78 is 13.0. The minimum Gasteiger partial charge on any atom is -0.492 e. The molecule has 0 aliphatic carbocycles. The lowest BCUT2D eigenvalue weighted by atomic mass is 10.2. The molecule has 0 unspecified atom stereocenters. The lowest BCUT2D eigenvalue weighted by molar-refractivity contribution is -0.123. The predicted octanol–water partition coefficient (Wildman–Crippen LogP) is 5.33. The number of imide groups is 1. The first-order valence-corrected chi connectivity index (χ1v) is 11.9. The molecule has 1 aliphatic heterocycles. The molecule has 1 saturated heterocycles. The van der Waals surface area contributed by atoms with Gasteiger partial charge in [-0.3, -0.25) is 14.5 Å². The molecule has 0 aromatic heterocycles. The fourth-order valence-corrected chi connectivity index (χ4v) is 5.71. The van der Waals surface area contributed by atoms with Gasteiger partial charge in [-0.1, -0.05) is 18.1 Å². The zero-order valence-electron chi connectivity index (χ0n) is 16.0. The highest BCUT2D eigenvalue weighted by Crippen LogP contribution is 2.34. The van der Waals surface area contributed by atoms with E-state index in [9.17, 15) is 9.59 Å². The molecule has 1 aliphatic rings. The van der Waals surface area contributed by atoms with Crippen LogP contribution in [0, 0.1) is 26.4 Å². The number of ether oxygens (including phenoxy) is 2. The Morgan fingerprint density at radius 1 is 1.17 bits per heavy atom. The fourth-order valence-electron chi connectivity index (χ4n) is 2.72. The van der Waals surface area contributed by atoms with E-state index in [2.05, 4.69) is 51.1 Å². The molecule has 30 heavy (non-hydrogen) atoms. The molecule has 8 heteroatoms. The van der Waals surface area contributed by atoms with E-state index in [0.717, 1.165) is 30.0 Å². The molecule has 2 amide bonds. The molecule has 2 aromatic carbocycles. The van der Waals surface area contributed by atoms with Crippen LogP contribution in [0.1, 0.15) is 11.1 Å². The van der Waals surface area contributed by atoms with Crippen molar-refractivity contribution in [3.63, 3.8) is 0 Å². The number of hydrogen-bond acceptors (Lipinski definition) is 5. The number of halogens is 2. The Labute approximate surface area is 206 Å². The van der Waals surface area contributed by atoms with Crippen LogP contribution in [0.3, 0.4) is 0 Å². The second-order valence-electron chi connectivity index (χ2n) is 6.30. The average molecular weight is 645 g/mol. The molecule has 0 radical (unpaired) electrons. The second-order valence-corrected chi connectivity index (χ2v) is 9.62. The summed E-state index contributed by atoms with van der Waals surface area (Å²) in [5.41, 5.74) is 1.90. The van der Waals surface area contributed by atoms with Gasteiger partial charge < -0.3 is 9.47 Å². The van der Waals surface area contributed by atoms with Gasteiger partial charge in [0.25, 0.3) is 11.1 Å². The maximum absolute atomic E-state index is 12.7. The van der Waals surface area contributed by atoms with Gasteiger partial charge in [-0.15, -0.1) is 6.42 Å². The molecule has 0 atom stereocenters. The number of terminal acetylenes is 1. The van der Waals surface area contributed by atoms with E-state index in [4.69, 9.17) is 15.9 Å². The maximum atomic E-state index is 12.7. The largest absolute Gasteiger partial charge is 0.492 e. The van der Waals surface area contributed by atoms with Crippen LogP contribution in [-0.4, -0.2) is 35.8 Å². The Bertz CT molecular complexity index is 1040. The quantitative estimate of drug-likeness (QED) is 0.232. The van der Waals surface area contributed by atoms with Crippen LogP contribution in [0.15, 0.2) is 41.3 Å². The van der Waals surface area contributed by atoms with Gasteiger partial charge in [0.15, 0.2) is 0 Å². The zero-order chi connectivity index (χ0) is 21.7. The number of rotatable bonds is 7. The van der Waals surface area contributed by atoms with E-state index in [0.29, 0.717) is 16.4 Å². The minimum absolute atomic E-state index is 0.189. The summed E-state index contributed by atoms with van der Waals surface area (Å²) in [5.74, 6) is 3.57. The molecule has 5 nitrogen and oxygen atoms in total. The van der Waals surface area contributed by atoms with Crippen LogP contribution in [0.2, 0.25) is 0 Å². The summed E-state index contributed by atoms with van der Waals surface area (Å²) in [7, 11) is 0. The number of benzene rings is 2. The smallest absolute Gasteiger partial charge is 0.293 e. The number of carbonyl (C=O) groups is 2. The van der Waals surface area contributed by atoms with Gasteiger partial charge in [-0.05, 0) is 105 Å². The first kappa shape index (κ1) is 23.0. The highest BCUT2D eigenvalue weighted by molar-refractivity contribution is 14.1. The van der Waals surface area contributed by atoms with Crippen LogP contribution in [0.25, 0.3) is 6.08 Å². The van der Waals surface area contributed by atoms with Crippen molar-refractivity contribution in [3.8, 4) is 23.8 Å². The van der Waals surface area contributed by atoms with Crippen molar-refractivity contribution >= 4 is 74.2 Å². The van der Waals surface area contributed by atoms with Crippen molar-refractivity contribution in [3.05, 3.63) is 59.6 Å². The van der Waals surface area contributed by atoms with Crippen LogP contribution in [0.5, 0.6) is 11.5 Å². The number of hydrogen-bond donors (Lipinski definition) is 0. The third-order valence-corrected chi connectivity index (χ3v) is 6.57. The van der Waals surface area contributed by atoms with E-state index >= 15 is 0 Å². The van der Waals surface area contributed by atoms with E-state index in [1.165, 1.54) is 4.90 Å². The normalized spacial score (nSPS) is 14.9. The molecule has 0 spiro atoms. The third kappa shape index (κ3) is 5.70. The Morgan fingerprint density at radius 3 is 2.57 bits per heavy atom. The number of nitrogens with zero attached hydrogens (tertiary/aromatic N) is 1. The predicted molar refractivity (Wildman–Crippen MR) is 136 cm³/mol. The SMILES string of the molecule is C#CCOc1c(I)cc(/C=C2\SC(=O)N(CCOc3cccc(C)c3)C2=O)cc1I. The number of aryl methyl sites for hydroxylation is 1. The van der Waals surface area contributed by atoms with E-state index in [1.54, 1.807) is 6.08 Å². The topological polar surface area (TPSA) is 55.8 Å². The molecule has 154 valence electrons. The maximum Gasteiger partial charge on any atom is 0.293 e. The van der Waals surface area contributed by atoms with Crippen LogP contribution in [0.4, 0.5) is 4.79 Å². The Kier molecular flexibility index (Phi) is 8.07. The molecule has 3 rings (SSSR count). The molecule has 1 heterocycles. The van der Waals surface area contributed by atoms with E-state index in [1.807, 2.05) is 43.3 Å². The molecule has 1 fully saturated rings. The van der Waals surface area contributed by atoms with Gasteiger partial charge in [0, 0.05) is 0 Å². The zero-order valence-corrected chi connectivity index (χ0v) is 21.1. The first-order chi connectivity index (χ1) is 14.4. The van der Waals surface area contributed by atoms with Gasteiger partial charge in [-0.2, -0.15) is 0 Å². The van der Waals surface area contributed by atoms with Crippen molar-refractivity contribution in [2.75, 3.05) is 19.8 Å². The lowest BCUT2D eigenvalue weighted by Gasteiger charge is -2.13. The summed E-state index contributed by atoms with van der Waals surface area (Å²) >= 11 is 5.26. The van der Waals surface area contributed by atoms with Crippen molar-refractivity contribution in [2.45, 2.75) is 6.92 Å². The molecule has 0 bridgehead atoms. The Hall–Kier alpha value is -1.71. The fraction of sp³-hybridized carbons (Fsp3) is 0.182. The van der Waals surface area contributed by atoms with Gasteiger partial charge in [0.1, 0.15) is 24.7 Å². The van der Waals surface area contributed by atoms with Gasteiger partial charge in [-0.25, -0.2) is 0 Å². The van der Waals surface area contributed by atoms with Gasteiger partial charge >= 0.3 is 0 Å². The van der Waals surface area contributed by atoms with Crippen LogP contribution < -0.4 is 9.47 Å². The van der Waals surface area contributed by atoms with E-state index < -0.39 is 0 Å². The van der Waals surface area contributed by atoms with Crippen LogP contribution in [-0.2, 0) is 4.79 Å². The van der Waals surface area contributed by atoms with Crippen molar-refractivity contribution in [2.24, 2.45) is 0 Å². The number of thioether (sulfide) groups is 1.